The highest BCUT2D eigenvalue weighted by Crippen LogP contribution is 2.21. The third kappa shape index (κ3) is 5.15. The second-order valence-electron chi connectivity index (χ2n) is 7.12. The summed E-state index contributed by atoms with van der Waals surface area (Å²) in [7, 11) is 0. The molecule has 1 aliphatic rings. The maximum absolute atomic E-state index is 13.0. The van der Waals surface area contributed by atoms with Crippen LogP contribution in [0.3, 0.4) is 0 Å². The number of hydrogen-bond acceptors (Lipinski definition) is 3. The number of amides is 1. The molecule has 0 bridgehead atoms. The molecule has 0 saturated carbocycles. The third-order valence-electron chi connectivity index (χ3n) is 5.13. The monoisotopic (exact) mass is 365 g/mol. The summed E-state index contributed by atoms with van der Waals surface area (Å²) in [6, 6.07) is 16.2. The van der Waals surface area contributed by atoms with Crippen LogP contribution in [0.4, 0.5) is 4.39 Å². The van der Waals surface area contributed by atoms with E-state index in [4.69, 9.17) is 5.26 Å². The first-order chi connectivity index (χ1) is 13.0. The molecule has 0 aliphatic carbocycles. The molecule has 2 aromatic rings. The van der Waals surface area contributed by atoms with E-state index in [0.29, 0.717) is 12.0 Å². The summed E-state index contributed by atoms with van der Waals surface area (Å²) in [4.78, 5) is 16.8. The fourth-order valence-corrected chi connectivity index (χ4v) is 3.40. The van der Waals surface area contributed by atoms with Gasteiger partial charge in [-0.15, -0.1) is 0 Å². The predicted octanol–water partition coefficient (Wildman–Crippen LogP) is 3.54. The molecule has 3 rings (SSSR count). The first kappa shape index (κ1) is 19.1. The Morgan fingerprint density at radius 2 is 1.70 bits per heavy atom. The number of rotatable bonds is 5. The van der Waals surface area contributed by atoms with Crippen molar-refractivity contribution >= 4 is 5.91 Å². The van der Waals surface area contributed by atoms with Crippen LogP contribution >= 0.6 is 0 Å². The van der Waals surface area contributed by atoms with Crippen molar-refractivity contribution in [3.63, 3.8) is 0 Å². The van der Waals surface area contributed by atoms with Crippen molar-refractivity contribution in [1.29, 1.82) is 5.26 Å². The highest BCUT2D eigenvalue weighted by molar-refractivity contribution is 5.77. The molecule has 1 saturated heterocycles. The van der Waals surface area contributed by atoms with E-state index in [-0.39, 0.29) is 17.6 Å². The molecule has 4 nitrogen and oxygen atoms in total. The zero-order valence-electron chi connectivity index (χ0n) is 15.6. The van der Waals surface area contributed by atoms with E-state index >= 15 is 0 Å². The number of piperazine rings is 1. The SMILES string of the molecule is CC(CC(=O)N1CCN(Cc2ccc(C#N)cc2)CC1)c1ccc(F)cc1. The highest BCUT2D eigenvalue weighted by atomic mass is 19.1. The molecular weight excluding hydrogens is 341 g/mol. The maximum Gasteiger partial charge on any atom is 0.223 e. The van der Waals surface area contributed by atoms with Gasteiger partial charge in [-0.3, -0.25) is 9.69 Å². The molecule has 1 unspecified atom stereocenters. The average molecular weight is 365 g/mol. The summed E-state index contributed by atoms with van der Waals surface area (Å²) in [5.41, 5.74) is 2.84. The van der Waals surface area contributed by atoms with E-state index in [1.807, 2.05) is 36.1 Å². The van der Waals surface area contributed by atoms with E-state index in [2.05, 4.69) is 11.0 Å². The molecule has 5 heteroatoms. The zero-order chi connectivity index (χ0) is 19.2. The van der Waals surface area contributed by atoms with E-state index in [1.54, 1.807) is 12.1 Å². The van der Waals surface area contributed by atoms with Gasteiger partial charge in [0.15, 0.2) is 0 Å². The Balaban J connectivity index is 1.47. The van der Waals surface area contributed by atoms with E-state index in [0.717, 1.165) is 38.3 Å². The Kier molecular flexibility index (Phi) is 6.20. The van der Waals surface area contributed by atoms with Gasteiger partial charge < -0.3 is 4.90 Å². The van der Waals surface area contributed by atoms with Crippen LogP contribution in [-0.2, 0) is 11.3 Å². The van der Waals surface area contributed by atoms with Crippen molar-refractivity contribution in [2.24, 2.45) is 0 Å². The van der Waals surface area contributed by atoms with E-state index < -0.39 is 0 Å². The average Bonchev–Trinajstić information content (AvgIpc) is 2.69. The zero-order valence-corrected chi connectivity index (χ0v) is 15.6. The van der Waals surface area contributed by atoms with Gasteiger partial charge in [-0.1, -0.05) is 31.2 Å². The first-order valence-corrected chi connectivity index (χ1v) is 9.30. The Hall–Kier alpha value is -2.71. The van der Waals surface area contributed by atoms with Crippen molar-refractivity contribution in [1.82, 2.24) is 9.80 Å². The molecule has 1 atom stereocenters. The molecule has 1 heterocycles. The Bertz CT molecular complexity index is 803. The van der Waals surface area contributed by atoms with Gasteiger partial charge in [0, 0.05) is 39.1 Å². The van der Waals surface area contributed by atoms with Crippen LogP contribution in [0, 0.1) is 17.1 Å². The minimum absolute atomic E-state index is 0.0785. The van der Waals surface area contributed by atoms with Crippen LogP contribution < -0.4 is 0 Å². The summed E-state index contributed by atoms with van der Waals surface area (Å²) < 4.78 is 13.0. The lowest BCUT2D eigenvalue weighted by Gasteiger charge is -2.35. The van der Waals surface area contributed by atoms with Crippen molar-refractivity contribution in [3.05, 3.63) is 71.0 Å². The van der Waals surface area contributed by atoms with Gasteiger partial charge >= 0.3 is 0 Å². The second-order valence-corrected chi connectivity index (χ2v) is 7.12. The fraction of sp³-hybridized carbons (Fsp3) is 0.364. The number of carbonyl (C=O) groups excluding carboxylic acids is 1. The van der Waals surface area contributed by atoms with Gasteiger partial charge in [-0.2, -0.15) is 5.26 Å². The minimum Gasteiger partial charge on any atom is -0.340 e. The van der Waals surface area contributed by atoms with Gasteiger partial charge in [0.25, 0.3) is 0 Å². The van der Waals surface area contributed by atoms with E-state index in [9.17, 15) is 9.18 Å². The van der Waals surface area contributed by atoms with Gasteiger partial charge in [0.05, 0.1) is 11.6 Å². The summed E-state index contributed by atoms with van der Waals surface area (Å²) >= 11 is 0. The lowest BCUT2D eigenvalue weighted by atomic mass is 9.97. The summed E-state index contributed by atoms with van der Waals surface area (Å²) in [5, 5.41) is 8.86. The van der Waals surface area contributed by atoms with E-state index in [1.165, 1.54) is 17.7 Å². The minimum atomic E-state index is -0.254. The Morgan fingerprint density at radius 1 is 1.07 bits per heavy atom. The second kappa shape index (κ2) is 8.79. The molecular formula is C22H24FN3O. The quantitative estimate of drug-likeness (QED) is 0.814. The van der Waals surface area contributed by atoms with Crippen LogP contribution in [-0.4, -0.2) is 41.9 Å². The van der Waals surface area contributed by atoms with Crippen LogP contribution in [0.2, 0.25) is 0 Å². The van der Waals surface area contributed by atoms with Gasteiger partial charge in [0.1, 0.15) is 5.82 Å². The molecule has 1 fully saturated rings. The lowest BCUT2D eigenvalue weighted by Crippen LogP contribution is -2.48. The highest BCUT2D eigenvalue weighted by Gasteiger charge is 2.22. The number of hydrogen-bond donors (Lipinski definition) is 0. The third-order valence-corrected chi connectivity index (χ3v) is 5.13. The summed E-state index contributed by atoms with van der Waals surface area (Å²) in [5.74, 6) is -0.0183. The normalized spacial score (nSPS) is 16.0. The van der Waals surface area contributed by atoms with Crippen molar-refractivity contribution in [3.8, 4) is 6.07 Å². The first-order valence-electron chi connectivity index (χ1n) is 9.30. The molecule has 0 radical (unpaired) electrons. The van der Waals surface area contributed by atoms with Crippen LogP contribution in [0.15, 0.2) is 48.5 Å². The number of nitriles is 1. The molecule has 2 aromatic carbocycles. The Labute approximate surface area is 159 Å². The van der Waals surface area contributed by atoms with Gasteiger partial charge in [0.2, 0.25) is 5.91 Å². The molecule has 27 heavy (non-hydrogen) atoms. The summed E-state index contributed by atoms with van der Waals surface area (Å²) in [6.07, 6.45) is 0.446. The topological polar surface area (TPSA) is 47.3 Å². The van der Waals surface area contributed by atoms with Gasteiger partial charge in [-0.05, 0) is 41.3 Å². The maximum atomic E-state index is 13.0. The number of benzene rings is 2. The molecule has 0 aromatic heterocycles. The molecule has 0 spiro atoms. The molecule has 140 valence electrons. The summed E-state index contributed by atoms with van der Waals surface area (Å²) in [6.45, 7) is 5.98. The number of halogens is 1. The van der Waals surface area contributed by atoms with Crippen molar-refractivity contribution < 1.29 is 9.18 Å². The number of carbonyl (C=O) groups is 1. The molecule has 1 amide bonds. The van der Waals surface area contributed by atoms with Crippen molar-refractivity contribution in [2.75, 3.05) is 26.2 Å². The molecule has 1 aliphatic heterocycles. The smallest absolute Gasteiger partial charge is 0.223 e. The van der Waals surface area contributed by atoms with Crippen LogP contribution in [0.5, 0.6) is 0 Å². The van der Waals surface area contributed by atoms with Crippen LogP contribution in [0.1, 0.15) is 36.0 Å². The Morgan fingerprint density at radius 3 is 2.30 bits per heavy atom. The number of nitrogens with zero attached hydrogens (tertiary/aromatic N) is 3. The van der Waals surface area contributed by atoms with Crippen molar-refractivity contribution in [2.45, 2.75) is 25.8 Å². The van der Waals surface area contributed by atoms with Crippen LogP contribution in [0.25, 0.3) is 0 Å². The predicted molar refractivity (Wildman–Crippen MR) is 102 cm³/mol. The fourth-order valence-electron chi connectivity index (χ4n) is 3.40. The standard InChI is InChI=1S/C22H24FN3O/c1-17(20-6-8-21(23)9-7-20)14-22(27)26-12-10-25(11-13-26)16-19-4-2-18(15-24)3-5-19/h2-9,17H,10-14,16H2,1H3. The largest absolute Gasteiger partial charge is 0.340 e. The molecule has 0 N–H and O–H groups in total. The van der Waals surface area contributed by atoms with Gasteiger partial charge in [-0.25, -0.2) is 4.39 Å². The lowest BCUT2D eigenvalue weighted by molar-refractivity contribution is -0.133.